The molecule has 0 aromatic carbocycles. The molecule has 0 radical (unpaired) electrons. The van der Waals surface area contributed by atoms with E-state index >= 15 is 0 Å². The predicted molar refractivity (Wildman–Crippen MR) is 325 cm³/mol. The van der Waals surface area contributed by atoms with Crippen LogP contribution in [0.3, 0.4) is 0 Å². The molecule has 6 nitrogen and oxygen atoms in total. The van der Waals surface area contributed by atoms with Crippen molar-refractivity contribution in [2.45, 2.75) is 232 Å². The second-order valence-corrected chi connectivity index (χ2v) is 18.8. The number of carbonyl (C=O) groups is 3. The quantitative estimate of drug-likeness (QED) is 0.0261. The van der Waals surface area contributed by atoms with Crippen molar-refractivity contribution in [3.63, 3.8) is 0 Å². The van der Waals surface area contributed by atoms with Crippen LogP contribution in [0, 0.1) is 0 Å². The van der Waals surface area contributed by atoms with Gasteiger partial charge in [-0.15, -0.1) is 0 Å². The third-order valence-corrected chi connectivity index (χ3v) is 11.7. The van der Waals surface area contributed by atoms with E-state index < -0.39 is 6.10 Å². The van der Waals surface area contributed by atoms with Gasteiger partial charge in [-0.25, -0.2) is 0 Å². The van der Waals surface area contributed by atoms with Crippen molar-refractivity contribution < 1.29 is 28.6 Å². The molecule has 0 aliphatic rings. The van der Waals surface area contributed by atoms with Gasteiger partial charge in [-0.1, -0.05) is 229 Å². The van der Waals surface area contributed by atoms with Crippen molar-refractivity contribution in [2.75, 3.05) is 13.2 Å². The molecule has 0 fully saturated rings. The maximum atomic E-state index is 12.8. The van der Waals surface area contributed by atoms with Crippen LogP contribution in [0.25, 0.3) is 0 Å². The van der Waals surface area contributed by atoms with Gasteiger partial charge in [0.2, 0.25) is 0 Å². The monoisotopic (exact) mass is 1030 g/mol. The summed E-state index contributed by atoms with van der Waals surface area (Å²) in [5.41, 5.74) is 0. The number of allylic oxidation sites excluding steroid dienone is 28. The smallest absolute Gasteiger partial charge is 0.306 e. The lowest BCUT2D eigenvalue weighted by molar-refractivity contribution is -0.167. The average molecular weight is 1030 g/mol. The van der Waals surface area contributed by atoms with Crippen LogP contribution >= 0.6 is 0 Å². The Morgan fingerprint density at radius 1 is 0.280 bits per heavy atom. The molecule has 0 saturated carbocycles. The molecule has 0 saturated heterocycles. The lowest BCUT2D eigenvalue weighted by atomic mass is 10.1. The van der Waals surface area contributed by atoms with E-state index in [9.17, 15) is 14.4 Å². The Hall–Kier alpha value is -5.23. The lowest BCUT2D eigenvalue weighted by Crippen LogP contribution is -2.30. The van der Waals surface area contributed by atoms with Gasteiger partial charge in [0, 0.05) is 19.3 Å². The maximum absolute atomic E-state index is 12.8. The molecule has 75 heavy (non-hydrogen) atoms. The maximum Gasteiger partial charge on any atom is 0.306 e. The van der Waals surface area contributed by atoms with Crippen LogP contribution < -0.4 is 0 Å². The van der Waals surface area contributed by atoms with Gasteiger partial charge in [0.25, 0.3) is 0 Å². The molecule has 0 N–H and O–H groups in total. The standard InChI is InChI=1S/C69H106O6/c1-4-7-10-13-16-19-22-25-27-28-29-30-31-32-33-34-35-36-37-38-39-40-42-44-47-50-53-56-59-62-68(71)74-65-66(64-73-67(70)61-58-55-52-49-46-43-24-21-18-15-12-9-6-3)75-69(72)63-60-57-54-51-48-45-41-26-23-20-17-14-11-8-5-2/h7-8,10-11,16-17,19-21,24-27,29-30,32-33,35-36,38-39,41-42,44,48,50-51,53,66H,4-6,9,12-15,18,22-23,28,31,34,37,40,43,45-47,49,52,54-65H2,1-3H3/b10-7-,11-8-,19-16-,20-17-,24-21-,27-25-,30-29-,33-32-,36-35-,39-38-,41-26-,44-42-,51-48-,53-50-. The van der Waals surface area contributed by atoms with Crippen LogP contribution in [-0.4, -0.2) is 37.2 Å². The molecule has 1 unspecified atom stereocenters. The fourth-order valence-corrected chi connectivity index (χ4v) is 7.31. The number of carbonyl (C=O) groups excluding carboxylic acids is 3. The van der Waals surface area contributed by atoms with E-state index in [2.05, 4.69) is 191 Å². The molecule has 0 rings (SSSR count). The highest BCUT2D eigenvalue weighted by Gasteiger charge is 2.19. The van der Waals surface area contributed by atoms with Gasteiger partial charge in [0.1, 0.15) is 13.2 Å². The van der Waals surface area contributed by atoms with Crippen molar-refractivity contribution in [3.8, 4) is 0 Å². The summed E-state index contributed by atoms with van der Waals surface area (Å²) in [6.07, 6.45) is 90.7. The van der Waals surface area contributed by atoms with Gasteiger partial charge >= 0.3 is 17.9 Å². The Morgan fingerprint density at radius 2 is 0.533 bits per heavy atom. The minimum Gasteiger partial charge on any atom is -0.462 e. The first-order chi connectivity index (χ1) is 37.0. The van der Waals surface area contributed by atoms with Gasteiger partial charge in [-0.05, 0) is 148 Å². The highest BCUT2D eigenvalue weighted by molar-refractivity contribution is 5.71. The molecule has 0 aromatic rings. The fraction of sp³-hybridized carbons (Fsp3) is 0.551. The van der Waals surface area contributed by atoms with Crippen LogP contribution in [0.4, 0.5) is 0 Å². The number of esters is 3. The third kappa shape index (κ3) is 59.5. The number of ether oxygens (including phenoxy) is 3. The first-order valence-electron chi connectivity index (χ1n) is 29.6. The molecule has 0 aliphatic carbocycles. The topological polar surface area (TPSA) is 78.9 Å². The van der Waals surface area contributed by atoms with E-state index in [0.29, 0.717) is 19.3 Å². The van der Waals surface area contributed by atoms with Gasteiger partial charge in [0.15, 0.2) is 6.10 Å². The molecule has 0 heterocycles. The number of hydrogen-bond acceptors (Lipinski definition) is 6. The van der Waals surface area contributed by atoms with E-state index in [1.165, 1.54) is 38.5 Å². The Morgan fingerprint density at radius 3 is 0.907 bits per heavy atom. The molecule has 1 atom stereocenters. The predicted octanol–water partition coefficient (Wildman–Crippen LogP) is 20.3. The van der Waals surface area contributed by atoms with E-state index in [4.69, 9.17) is 14.2 Å². The van der Waals surface area contributed by atoms with E-state index in [-0.39, 0.29) is 44.0 Å². The van der Waals surface area contributed by atoms with E-state index in [1.807, 2.05) is 0 Å². The van der Waals surface area contributed by atoms with Crippen molar-refractivity contribution in [3.05, 3.63) is 170 Å². The molecule has 6 heteroatoms. The first kappa shape index (κ1) is 69.8. The number of hydrogen-bond donors (Lipinski definition) is 0. The molecule has 0 aliphatic heterocycles. The summed E-state index contributed by atoms with van der Waals surface area (Å²) in [6, 6.07) is 0. The summed E-state index contributed by atoms with van der Waals surface area (Å²) in [5, 5.41) is 0. The van der Waals surface area contributed by atoms with Crippen molar-refractivity contribution in [2.24, 2.45) is 0 Å². The Kier molecular flexibility index (Phi) is 57.0. The van der Waals surface area contributed by atoms with Crippen molar-refractivity contribution in [1.29, 1.82) is 0 Å². The Balaban J connectivity index is 4.50. The summed E-state index contributed by atoms with van der Waals surface area (Å²) in [5.74, 6) is -1.05. The molecule has 0 aromatic heterocycles. The Bertz CT molecular complexity index is 1750. The minimum absolute atomic E-state index is 0.125. The highest BCUT2D eigenvalue weighted by atomic mass is 16.6. The zero-order chi connectivity index (χ0) is 54.3. The van der Waals surface area contributed by atoms with Crippen LogP contribution in [0.5, 0.6) is 0 Å². The largest absolute Gasteiger partial charge is 0.462 e. The number of rotatable bonds is 51. The fourth-order valence-electron chi connectivity index (χ4n) is 7.31. The van der Waals surface area contributed by atoms with Gasteiger partial charge in [-0.3, -0.25) is 14.4 Å². The van der Waals surface area contributed by atoms with Crippen LogP contribution in [0.2, 0.25) is 0 Å². The average Bonchev–Trinajstić information content (AvgIpc) is 3.41. The van der Waals surface area contributed by atoms with Gasteiger partial charge in [-0.2, -0.15) is 0 Å². The first-order valence-corrected chi connectivity index (χ1v) is 29.6. The molecule has 418 valence electrons. The summed E-state index contributed by atoms with van der Waals surface area (Å²) in [7, 11) is 0. The second-order valence-electron chi connectivity index (χ2n) is 18.8. The van der Waals surface area contributed by atoms with E-state index in [0.717, 1.165) is 135 Å². The van der Waals surface area contributed by atoms with E-state index in [1.54, 1.807) is 0 Å². The molecule has 0 amide bonds. The third-order valence-electron chi connectivity index (χ3n) is 11.7. The molecular weight excluding hydrogens is 925 g/mol. The molecule has 0 spiro atoms. The second kappa shape index (κ2) is 61.3. The zero-order valence-electron chi connectivity index (χ0n) is 47.7. The van der Waals surface area contributed by atoms with Crippen LogP contribution in [-0.2, 0) is 28.6 Å². The SMILES string of the molecule is CC/C=C\C/C=C\C/C=C\C/C=C\C/C=C\C/C=C\C/C=C\C/C=C\C/C=C\CCCC(=O)OCC(COC(=O)CCCCCCC/C=C\CCCCCC)OC(=O)CCCC/C=C\C/C=C\C/C=C\C/C=C\CC. The Labute approximate surface area is 460 Å². The summed E-state index contributed by atoms with van der Waals surface area (Å²) in [4.78, 5) is 38.1. The summed E-state index contributed by atoms with van der Waals surface area (Å²) in [6.45, 7) is 6.28. The summed E-state index contributed by atoms with van der Waals surface area (Å²) < 4.78 is 16.7. The van der Waals surface area contributed by atoms with Crippen LogP contribution in [0.15, 0.2) is 170 Å². The minimum atomic E-state index is -0.836. The normalized spacial score (nSPS) is 13.4. The highest BCUT2D eigenvalue weighted by Crippen LogP contribution is 2.12. The summed E-state index contributed by atoms with van der Waals surface area (Å²) >= 11 is 0. The molecular formula is C69H106O6. The van der Waals surface area contributed by atoms with Crippen molar-refractivity contribution >= 4 is 17.9 Å². The van der Waals surface area contributed by atoms with Crippen molar-refractivity contribution in [1.82, 2.24) is 0 Å². The van der Waals surface area contributed by atoms with Crippen LogP contribution in [0.1, 0.15) is 226 Å². The van der Waals surface area contributed by atoms with Gasteiger partial charge in [0.05, 0.1) is 0 Å². The zero-order valence-corrected chi connectivity index (χ0v) is 47.7. The lowest BCUT2D eigenvalue weighted by Gasteiger charge is -2.18. The molecule has 0 bridgehead atoms. The van der Waals surface area contributed by atoms with Gasteiger partial charge < -0.3 is 14.2 Å². The number of unbranched alkanes of at least 4 members (excludes halogenated alkanes) is 12.